The summed E-state index contributed by atoms with van der Waals surface area (Å²) in [6.07, 6.45) is 1.25. The molecule has 1 aromatic rings. The molecule has 0 aliphatic heterocycles. The van der Waals surface area contributed by atoms with Crippen LogP contribution >= 0.6 is 0 Å². The van der Waals surface area contributed by atoms with E-state index in [1.807, 2.05) is 0 Å². The van der Waals surface area contributed by atoms with E-state index in [1.165, 1.54) is 6.07 Å². The Balaban J connectivity index is 2.12. The Bertz CT molecular complexity index is 520. The van der Waals surface area contributed by atoms with Crippen LogP contribution < -0.4 is 5.32 Å². The minimum Gasteiger partial charge on any atom is -0.361 e. The number of hydrogen-bond acceptors (Lipinski definition) is 2. The Morgan fingerprint density at radius 3 is 2.60 bits per heavy atom. The minimum absolute atomic E-state index is 0.0852. The van der Waals surface area contributed by atoms with E-state index in [0.29, 0.717) is 24.1 Å². The fraction of sp³-hybridized carbons (Fsp3) is 0.400. The molecule has 0 atom stereocenters. The first-order valence-corrected chi connectivity index (χ1v) is 6.63. The van der Waals surface area contributed by atoms with Gasteiger partial charge in [0.25, 0.3) is 0 Å². The fourth-order valence-electron chi connectivity index (χ4n) is 2.19. The van der Waals surface area contributed by atoms with Crippen LogP contribution in [0.3, 0.4) is 0 Å². The molecule has 108 valence electrons. The largest absolute Gasteiger partial charge is 0.416 e. The molecule has 1 aliphatic carbocycles. The molecule has 0 spiro atoms. The van der Waals surface area contributed by atoms with Crippen LogP contribution in [0.4, 0.5) is 18.9 Å². The summed E-state index contributed by atoms with van der Waals surface area (Å²) >= 11 is 0. The van der Waals surface area contributed by atoms with E-state index in [9.17, 15) is 18.0 Å². The van der Waals surface area contributed by atoms with Crippen LogP contribution in [0.2, 0.25) is 0 Å². The van der Waals surface area contributed by atoms with Crippen LogP contribution in [-0.2, 0) is 11.0 Å². The SMILES string of the molecule is O=C1CCCCC/C1=C\Nc1cccc(C(F)(F)F)c1. The molecule has 0 saturated heterocycles. The summed E-state index contributed by atoms with van der Waals surface area (Å²) in [4.78, 5) is 11.8. The number of hydrogen-bond donors (Lipinski definition) is 1. The molecule has 0 amide bonds. The number of carbonyl (C=O) groups excluding carboxylic acids is 1. The van der Waals surface area contributed by atoms with E-state index in [4.69, 9.17) is 0 Å². The Morgan fingerprint density at radius 1 is 1.10 bits per heavy atom. The highest BCUT2D eigenvalue weighted by Gasteiger charge is 2.30. The van der Waals surface area contributed by atoms with Crippen molar-refractivity contribution in [3.05, 3.63) is 41.6 Å². The van der Waals surface area contributed by atoms with Gasteiger partial charge in [-0.1, -0.05) is 12.5 Å². The number of halogens is 3. The Kier molecular flexibility index (Phi) is 4.47. The zero-order chi connectivity index (χ0) is 14.6. The predicted octanol–water partition coefficient (Wildman–Crippen LogP) is 4.53. The molecule has 0 unspecified atom stereocenters. The molecule has 1 fully saturated rings. The lowest BCUT2D eigenvalue weighted by atomic mass is 10.1. The standard InChI is InChI=1S/C15H16F3NO/c16-15(17,18)12-6-4-7-13(9-12)19-10-11-5-2-1-3-8-14(11)20/h4,6-7,9-10,19H,1-3,5,8H2/b11-10+. The van der Waals surface area contributed by atoms with E-state index in [-0.39, 0.29) is 5.78 Å². The maximum absolute atomic E-state index is 12.6. The molecule has 0 bridgehead atoms. The molecule has 1 aliphatic rings. The third kappa shape index (κ3) is 3.85. The number of nitrogens with one attached hydrogen (secondary N) is 1. The first kappa shape index (κ1) is 14.6. The minimum atomic E-state index is -4.36. The third-order valence-electron chi connectivity index (χ3n) is 3.31. The van der Waals surface area contributed by atoms with Crippen molar-refractivity contribution in [3.63, 3.8) is 0 Å². The monoisotopic (exact) mass is 283 g/mol. The lowest BCUT2D eigenvalue weighted by molar-refractivity contribution is -0.137. The summed E-state index contributed by atoms with van der Waals surface area (Å²) in [5.41, 5.74) is 0.303. The summed E-state index contributed by atoms with van der Waals surface area (Å²) in [6.45, 7) is 0. The highest BCUT2D eigenvalue weighted by molar-refractivity contribution is 5.95. The van der Waals surface area contributed by atoms with E-state index < -0.39 is 11.7 Å². The zero-order valence-corrected chi connectivity index (χ0v) is 11.0. The van der Waals surface area contributed by atoms with Crippen molar-refractivity contribution >= 4 is 11.5 Å². The topological polar surface area (TPSA) is 29.1 Å². The van der Waals surface area contributed by atoms with E-state index >= 15 is 0 Å². The van der Waals surface area contributed by atoms with Gasteiger partial charge >= 0.3 is 6.18 Å². The summed E-state index contributed by atoms with van der Waals surface area (Å²) in [5.74, 6) is 0.0852. The van der Waals surface area contributed by atoms with Crippen molar-refractivity contribution in [2.24, 2.45) is 0 Å². The van der Waals surface area contributed by atoms with Crippen molar-refractivity contribution in [2.75, 3.05) is 5.32 Å². The van der Waals surface area contributed by atoms with Crippen LogP contribution in [0.1, 0.15) is 37.7 Å². The number of anilines is 1. The number of benzene rings is 1. The van der Waals surface area contributed by atoms with Gasteiger partial charge in [-0.3, -0.25) is 4.79 Å². The average molecular weight is 283 g/mol. The molecule has 1 N–H and O–H groups in total. The molecule has 20 heavy (non-hydrogen) atoms. The first-order chi connectivity index (χ1) is 9.47. The highest BCUT2D eigenvalue weighted by Crippen LogP contribution is 2.30. The third-order valence-corrected chi connectivity index (χ3v) is 3.31. The quantitative estimate of drug-likeness (QED) is 0.638. The van der Waals surface area contributed by atoms with Gasteiger partial charge in [-0.25, -0.2) is 0 Å². The Labute approximate surface area is 115 Å². The van der Waals surface area contributed by atoms with Crippen LogP contribution in [0, 0.1) is 0 Å². The first-order valence-electron chi connectivity index (χ1n) is 6.63. The van der Waals surface area contributed by atoms with Gasteiger partial charge in [-0.2, -0.15) is 13.2 Å². The van der Waals surface area contributed by atoms with Gasteiger partial charge in [0.15, 0.2) is 5.78 Å². The van der Waals surface area contributed by atoms with Gasteiger partial charge in [0.05, 0.1) is 5.56 Å². The van der Waals surface area contributed by atoms with Crippen molar-refractivity contribution in [1.29, 1.82) is 0 Å². The molecule has 1 aromatic carbocycles. The number of Topliss-reactive ketones (excluding diaryl/α,β-unsaturated/α-hetero) is 1. The molecular formula is C15H16F3NO. The summed E-state index contributed by atoms with van der Waals surface area (Å²) in [7, 11) is 0. The summed E-state index contributed by atoms with van der Waals surface area (Å²) in [5, 5.41) is 2.80. The molecule has 5 heteroatoms. The number of alkyl halides is 3. The number of rotatable bonds is 2. The molecule has 0 heterocycles. The average Bonchev–Trinajstić information content (AvgIpc) is 2.60. The maximum atomic E-state index is 12.6. The summed E-state index contributed by atoms with van der Waals surface area (Å²) < 4.78 is 37.7. The second-order valence-corrected chi connectivity index (χ2v) is 4.88. The van der Waals surface area contributed by atoms with Crippen LogP contribution in [0.25, 0.3) is 0 Å². The van der Waals surface area contributed by atoms with Crippen LogP contribution in [0.15, 0.2) is 36.0 Å². The van der Waals surface area contributed by atoms with Gasteiger partial charge in [0.1, 0.15) is 0 Å². The van der Waals surface area contributed by atoms with Gasteiger partial charge in [-0.05, 0) is 37.5 Å². The highest BCUT2D eigenvalue weighted by atomic mass is 19.4. The zero-order valence-electron chi connectivity index (χ0n) is 11.0. The van der Waals surface area contributed by atoms with Gasteiger partial charge in [0.2, 0.25) is 0 Å². The van der Waals surface area contributed by atoms with Gasteiger partial charge < -0.3 is 5.32 Å². The fourth-order valence-corrected chi connectivity index (χ4v) is 2.19. The second kappa shape index (κ2) is 6.11. The predicted molar refractivity (Wildman–Crippen MR) is 71.2 cm³/mol. The van der Waals surface area contributed by atoms with Crippen molar-refractivity contribution in [3.8, 4) is 0 Å². The lowest BCUT2D eigenvalue weighted by Crippen LogP contribution is -2.06. The number of ketones is 1. The Morgan fingerprint density at radius 2 is 1.85 bits per heavy atom. The number of carbonyl (C=O) groups is 1. The van der Waals surface area contributed by atoms with Gasteiger partial charge in [0, 0.05) is 23.9 Å². The van der Waals surface area contributed by atoms with Crippen molar-refractivity contribution in [2.45, 2.75) is 38.3 Å². The van der Waals surface area contributed by atoms with E-state index in [0.717, 1.165) is 31.4 Å². The van der Waals surface area contributed by atoms with Crippen LogP contribution in [0.5, 0.6) is 0 Å². The van der Waals surface area contributed by atoms with E-state index in [2.05, 4.69) is 5.32 Å². The maximum Gasteiger partial charge on any atom is 0.416 e. The molecular weight excluding hydrogens is 267 g/mol. The molecule has 0 aromatic heterocycles. The normalized spacial score (nSPS) is 18.9. The van der Waals surface area contributed by atoms with Crippen LogP contribution in [-0.4, -0.2) is 5.78 Å². The molecule has 0 radical (unpaired) electrons. The second-order valence-electron chi connectivity index (χ2n) is 4.88. The number of allylic oxidation sites excluding steroid dienone is 1. The molecule has 1 saturated carbocycles. The van der Waals surface area contributed by atoms with Crippen molar-refractivity contribution < 1.29 is 18.0 Å². The van der Waals surface area contributed by atoms with Crippen molar-refractivity contribution in [1.82, 2.24) is 0 Å². The summed E-state index contributed by atoms with van der Waals surface area (Å²) in [6, 6.07) is 4.96. The smallest absolute Gasteiger partial charge is 0.361 e. The van der Waals surface area contributed by atoms with Gasteiger partial charge in [-0.15, -0.1) is 0 Å². The van der Waals surface area contributed by atoms with E-state index in [1.54, 1.807) is 12.3 Å². The lowest BCUT2D eigenvalue weighted by Gasteiger charge is -2.09. The molecule has 2 nitrogen and oxygen atoms in total. The Hall–Kier alpha value is -1.78. The molecule has 2 rings (SSSR count).